The summed E-state index contributed by atoms with van der Waals surface area (Å²) >= 11 is 0. The molecule has 1 atom stereocenters. The minimum absolute atomic E-state index is 0.252. The van der Waals surface area contributed by atoms with Crippen LogP contribution >= 0.6 is 0 Å². The van der Waals surface area contributed by atoms with Gasteiger partial charge in [-0.25, -0.2) is 14.2 Å². The van der Waals surface area contributed by atoms with Crippen molar-refractivity contribution < 1.29 is 8.78 Å². The van der Waals surface area contributed by atoms with Crippen molar-refractivity contribution >= 4 is 0 Å². The second kappa shape index (κ2) is 4.79. The molecule has 1 aromatic heterocycles. The number of nitrogens with one attached hydrogen (secondary N) is 1. The van der Waals surface area contributed by atoms with Crippen LogP contribution in [0.15, 0.2) is 18.3 Å². The SMILES string of the molecule is Cc1cc(C(NN)c2cnnn2C)c(F)cc1F. The van der Waals surface area contributed by atoms with Crippen LogP contribution in [0.3, 0.4) is 0 Å². The van der Waals surface area contributed by atoms with Crippen molar-refractivity contribution in [2.45, 2.75) is 13.0 Å². The molecule has 1 unspecified atom stereocenters. The quantitative estimate of drug-likeness (QED) is 0.631. The van der Waals surface area contributed by atoms with Crippen molar-refractivity contribution in [1.29, 1.82) is 0 Å². The maximum Gasteiger partial charge on any atom is 0.131 e. The number of hydrogen-bond acceptors (Lipinski definition) is 4. The van der Waals surface area contributed by atoms with Gasteiger partial charge in [0.05, 0.1) is 17.9 Å². The first-order valence-corrected chi connectivity index (χ1v) is 5.31. The number of halogens is 2. The highest BCUT2D eigenvalue weighted by molar-refractivity contribution is 5.32. The third-order valence-electron chi connectivity index (χ3n) is 2.80. The normalized spacial score (nSPS) is 12.7. The number of nitrogens with zero attached hydrogens (tertiary/aromatic N) is 3. The van der Waals surface area contributed by atoms with E-state index in [1.54, 1.807) is 14.0 Å². The molecular weight excluding hydrogens is 240 g/mol. The van der Waals surface area contributed by atoms with E-state index in [-0.39, 0.29) is 5.56 Å². The molecule has 0 spiro atoms. The highest BCUT2D eigenvalue weighted by Gasteiger charge is 2.21. The number of rotatable bonds is 3. The van der Waals surface area contributed by atoms with Gasteiger partial charge in [0.25, 0.3) is 0 Å². The zero-order valence-electron chi connectivity index (χ0n) is 9.98. The number of hydrazine groups is 1. The van der Waals surface area contributed by atoms with Crippen molar-refractivity contribution in [2.24, 2.45) is 12.9 Å². The Morgan fingerprint density at radius 3 is 2.61 bits per heavy atom. The molecule has 0 saturated carbocycles. The highest BCUT2D eigenvalue weighted by atomic mass is 19.1. The van der Waals surface area contributed by atoms with Gasteiger partial charge in [0, 0.05) is 18.7 Å². The smallest absolute Gasteiger partial charge is 0.131 e. The lowest BCUT2D eigenvalue weighted by Gasteiger charge is -2.17. The Hall–Kier alpha value is -1.86. The number of benzene rings is 1. The molecule has 0 amide bonds. The zero-order valence-corrected chi connectivity index (χ0v) is 9.98. The predicted octanol–water partition coefficient (Wildman–Crippen LogP) is 0.954. The molecule has 0 aliphatic carbocycles. The maximum absolute atomic E-state index is 13.8. The summed E-state index contributed by atoms with van der Waals surface area (Å²) in [6, 6.07) is 1.63. The van der Waals surface area contributed by atoms with Crippen LogP contribution in [-0.2, 0) is 7.05 Å². The van der Waals surface area contributed by atoms with E-state index < -0.39 is 17.7 Å². The number of aryl methyl sites for hydroxylation is 2. The van der Waals surface area contributed by atoms with E-state index in [1.165, 1.54) is 16.9 Å². The molecule has 18 heavy (non-hydrogen) atoms. The van der Waals surface area contributed by atoms with Gasteiger partial charge in [-0.15, -0.1) is 5.10 Å². The molecule has 0 bridgehead atoms. The number of nitrogens with two attached hydrogens (primary N) is 1. The van der Waals surface area contributed by atoms with E-state index in [9.17, 15) is 8.78 Å². The van der Waals surface area contributed by atoms with E-state index in [0.717, 1.165) is 6.07 Å². The highest BCUT2D eigenvalue weighted by Crippen LogP contribution is 2.25. The molecule has 0 aliphatic rings. The third-order valence-corrected chi connectivity index (χ3v) is 2.80. The van der Waals surface area contributed by atoms with Crippen LogP contribution in [0, 0.1) is 18.6 Å². The van der Waals surface area contributed by atoms with Crippen LogP contribution < -0.4 is 11.3 Å². The van der Waals surface area contributed by atoms with Gasteiger partial charge in [0.2, 0.25) is 0 Å². The Balaban J connectivity index is 2.52. The molecule has 0 saturated heterocycles. The van der Waals surface area contributed by atoms with Gasteiger partial charge in [-0.1, -0.05) is 5.21 Å². The Labute approximate surface area is 103 Å². The fourth-order valence-corrected chi connectivity index (χ4v) is 1.79. The first kappa shape index (κ1) is 12.6. The largest absolute Gasteiger partial charge is 0.271 e. The van der Waals surface area contributed by atoms with Crippen molar-refractivity contribution in [3.8, 4) is 0 Å². The fraction of sp³-hybridized carbons (Fsp3) is 0.273. The lowest BCUT2D eigenvalue weighted by Crippen LogP contribution is -2.31. The van der Waals surface area contributed by atoms with E-state index in [1.807, 2.05) is 0 Å². The molecule has 0 fully saturated rings. The third kappa shape index (κ3) is 2.09. The molecule has 5 nitrogen and oxygen atoms in total. The van der Waals surface area contributed by atoms with Crippen LogP contribution in [0.5, 0.6) is 0 Å². The van der Waals surface area contributed by atoms with Gasteiger partial charge in [0.1, 0.15) is 11.6 Å². The van der Waals surface area contributed by atoms with Gasteiger partial charge in [0.15, 0.2) is 0 Å². The Kier molecular flexibility index (Phi) is 3.35. The minimum Gasteiger partial charge on any atom is -0.271 e. The molecule has 3 N–H and O–H groups in total. The molecule has 96 valence electrons. The average Bonchev–Trinajstić information content (AvgIpc) is 2.73. The van der Waals surface area contributed by atoms with Gasteiger partial charge < -0.3 is 0 Å². The molecule has 2 aromatic rings. The van der Waals surface area contributed by atoms with Crippen LogP contribution in [0.2, 0.25) is 0 Å². The van der Waals surface area contributed by atoms with Crippen LogP contribution in [0.25, 0.3) is 0 Å². The van der Waals surface area contributed by atoms with Gasteiger partial charge in [-0.2, -0.15) is 0 Å². The lowest BCUT2D eigenvalue weighted by molar-refractivity contribution is 0.518. The van der Waals surface area contributed by atoms with Gasteiger partial charge in [-0.05, 0) is 18.6 Å². The van der Waals surface area contributed by atoms with Crippen molar-refractivity contribution in [1.82, 2.24) is 20.4 Å². The standard InChI is InChI=1S/C11H13F2N5/c1-6-3-7(9(13)4-8(6)12)11(16-14)10-5-15-17-18(10)2/h3-5,11,16H,14H2,1-2H3. The molecule has 1 heterocycles. The van der Waals surface area contributed by atoms with Crippen LogP contribution in [-0.4, -0.2) is 15.0 Å². The summed E-state index contributed by atoms with van der Waals surface area (Å²) in [7, 11) is 1.67. The van der Waals surface area contributed by atoms with E-state index in [4.69, 9.17) is 5.84 Å². The van der Waals surface area contributed by atoms with Crippen molar-refractivity contribution in [3.63, 3.8) is 0 Å². The summed E-state index contributed by atoms with van der Waals surface area (Å²) < 4.78 is 28.5. The summed E-state index contributed by atoms with van der Waals surface area (Å²) in [4.78, 5) is 0. The molecule has 1 aromatic carbocycles. The fourth-order valence-electron chi connectivity index (χ4n) is 1.79. The molecule has 7 heteroatoms. The topological polar surface area (TPSA) is 68.8 Å². The molecular formula is C11H13F2N5. The van der Waals surface area contributed by atoms with Crippen molar-refractivity contribution in [2.75, 3.05) is 0 Å². The van der Waals surface area contributed by atoms with E-state index >= 15 is 0 Å². The maximum atomic E-state index is 13.8. The number of aromatic nitrogens is 3. The van der Waals surface area contributed by atoms with Crippen LogP contribution in [0.4, 0.5) is 8.78 Å². The first-order chi connectivity index (χ1) is 8.54. The monoisotopic (exact) mass is 253 g/mol. The zero-order chi connectivity index (χ0) is 13.3. The first-order valence-electron chi connectivity index (χ1n) is 5.31. The van der Waals surface area contributed by atoms with Gasteiger partial charge >= 0.3 is 0 Å². The summed E-state index contributed by atoms with van der Waals surface area (Å²) in [6.45, 7) is 1.56. The number of hydrogen-bond donors (Lipinski definition) is 2. The van der Waals surface area contributed by atoms with Crippen LogP contribution in [0.1, 0.15) is 22.9 Å². The Morgan fingerprint density at radius 1 is 1.33 bits per heavy atom. The second-order valence-corrected chi connectivity index (χ2v) is 4.01. The summed E-state index contributed by atoms with van der Waals surface area (Å²) in [5, 5.41) is 7.46. The Morgan fingerprint density at radius 2 is 2.06 bits per heavy atom. The predicted molar refractivity (Wildman–Crippen MR) is 61.3 cm³/mol. The molecule has 0 radical (unpaired) electrons. The molecule has 0 aliphatic heterocycles. The second-order valence-electron chi connectivity index (χ2n) is 4.01. The summed E-state index contributed by atoms with van der Waals surface area (Å²) in [6.07, 6.45) is 1.47. The lowest BCUT2D eigenvalue weighted by atomic mass is 10.0. The molecule has 2 rings (SSSR count). The van der Waals surface area contributed by atoms with Crippen molar-refractivity contribution in [3.05, 3.63) is 46.8 Å². The average molecular weight is 253 g/mol. The van der Waals surface area contributed by atoms with E-state index in [0.29, 0.717) is 11.3 Å². The Bertz CT molecular complexity index is 567. The van der Waals surface area contributed by atoms with E-state index in [2.05, 4.69) is 15.7 Å². The minimum atomic E-state index is -0.665. The summed E-state index contributed by atoms with van der Waals surface area (Å²) in [5.41, 5.74) is 3.67. The van der Waals surface area contributed by atoms with Gasteiger partial charge in [-0.3, -0.25) is 10.5 Å². The summed E-state index contributed by atoms with van der Waals surface area (Å²) in [5.74, 6) is 4.19.